The van der Waals surface area contributed by atoms with Crippen molar-refractivity contribution in [2.75, 3.05) is 11.6 Å². The Bertz CT molecular complexity index is 794. The van der Waals surface area contributed by atoms with Crippen molar-refractivity contribution in [2.24, 2.45) is 0 Å². The smallest absolute Gasteiger partial charge is 0.275 e. The number of sulfone groups is 1. The van der Waals surface area contributed by atoms with Gasteiger partial charge in [0, 0.05) is 16.4 Å². The summed E-state index contributed by atoms with van der Waals surface area (Å²) in [5, 5.41) is 2.09. The van der Waals surface area contributed by atoms with E-state index in [2.05, 4.69) is 31.2 Å². The standard InChI is InChI=1S/C12H9BrClN3O3S/c1-21(19,20)12-15-6-9(14)10(17-12)11(18)16-8-4-2-7(13)3-5-8/h2-6H,1H3,(H,16,18). The monoisotopic (exact) mass is 389 g/mol. The van der Waals surface area contributed by atoms with E-state index in [1.54, 1.807) is 24.3 Å². The molecule has 1 aromatic heterocycles. The molecule has 6 nitrogen and oxygen atoms in total. The third-order valence-corrected chi connectivity index (χ3v) is 4.04. The summed E-state index contributed by atoms with van der Waals surface area (Å²) in [6.45, 7) is 0. The molecule has 0 spiro atoms. The number of hydrogen-bond donors (Lipinski definition) is 1. The van der Waals surface area contributed by atoms with Gasteiger partial charge in [-0.2, -0.15) is 0 Å². The van der Waals surface area contributed by atoms with Crippen LogP contribution in [0.1, 0.15) is 10.5 Å². The van der Waals surface area contributed by atoms with Gasteiger partial charge in [0.1, 0.15) is 0 Å². The van der Waals surface area contributed by atoms with E-state index in [9.17, 15) is 13.2 Å². The molecule has 0 fully saturated rings. The molecule has 0 aliphatic rings. The van der Waals surface area contributed by atoms with Crippen LogP contribution >= 0.6 is 27.5 Å². The van der Waals surface area contributed by atoms with Crippen LogP contribution in [-0.4, -0.2) is 30.5 Å². The molecule has 0 unspecified atom stereocenters. The van der Waals surface area contributed by atoms with Crippen molar-refractivity contribution in [2.45, 2.75) is 5.16 Å². The Morgan fingerprint density at radius 3 is 2.48 bits per heavy atom. The molecule has 2 rings (SSSR count). The lowest BCUT2D eigenvalue weighted by molar-refractivity contribution is 0.102. The Balaban J connectivity index is 2.32. The van der Waals surface area contributed by atoms with Crippen LogP contribution in [-0.2, 0) is 9.84 Å². The molecule has 9 heteroatoms. The van der Waals surface area contributed by atoms with E-state index in [0.29, 0.717) is 5.69 Å². The summed E-state index contributed by atoms with van der Waals surface area (Å²) < 4.78 is 23.7. The number of aromatic nitrogens is 2. The summed E-state index contributed by atoms with van der Waals surface area (Å²) in [4.78, 5) is 19.4. The fraction of sp³-hybridized carbons (Fsp3) is 0.0833. The summed E-state index contributed by atoms with van der Waals surface area (Å²) >= 11 is 9.12. The first-order chi connectivity index (χ1) is 9.77. The zero-order valence-electron chi connectivity index (χ0n) is 10.7. The molecule has 1 N–H and O–H groups in total. The van der Waals surface area contributed by atoms with Gasteiger partial charge < -0.3 is 5.32 Å². The number of halogens is 2. The summed E-state index contributed by atoms with van der Waals surface area (Å²) in [6, 6.07) is 6.85. The molecule has 0 saturated carbocycles. The SMILES string of the molecule is CS(=O)(=O)c1ncc(Cl)c(C(=O)Nc2ccc(Br)cc2)n1. The van der Waals surface area contributed by atoms with Crippen molar-refractivity contribution in [3.05, 3.63) is 45.7 Å². The number of nitrogens with one attached hydrogen (secondary N) is 1. The van der Waals surface area contributed by atoms with Gasteiger partial charge in [-0.05, 0) is 24.3 Å². The predicted molar refractivity (Wildman–Crippen MR) is 82.2 cm³/mol. The lowest BCUT2D eigenvalue weighted by Gasteiger charge is -2.07. The zero-order chi connectivity index (χ0) is 15.6. The van der Waals surface area contributed by atoms with E-state index in [0.717, 1.165) is 16.9 Å². The third-order valence-electron chi connectivity index (χ3n) is 2.37. The molecule has 1 amide bonds. The number of nitrogens with zero attached hydrogens (tertiary/aromatic N) is 2. The minimum atomic E-state index is -3.62. The molecule has 0 atom stereocenters. The number of carbonyl (C=O) groups excluding carboxylic acids is 1. The van der Waals surface area contributed by atoms with E-state index in [4.69, 9.17) is 11.6 Å². The highest BCUT2D eigenvalue weighted by molar-refractivity contribution is 9.10. The second-order valence-electron chi connectivity index (χ2n) is 4.08. The second-order valence-corrected chi connectivity index (χ2v) is 7.31. The number of amides is 1. The van der Waals surface area contributed by atoms with Crippen LogP contribution in [0.5, 0.6) is 0 Å². The van der Waals surface area contributed by atoms with Crippen molar-refractivity contribution in [1.82, 2.24) is 9.97 Å². The fourth-order valence-electron chi connectivity index (χ4n) is 1.41. The summed E-state index contributed by atoms with van der Waals surface area (Å²) in [5.41, 5.74) is 0.328. The summed E-state index contributed by atoms with van der Waals surface area (Å²) in [6.07, 6.45) is 2.04. The Hall–Kier alpha value is -1.51. The molecule has 0 aliphatic carbocycles. The molecule has 0 aliphatic heterocycles. The first-order valence-electron chi connectivity index (χ1n) is 5.57. The molecule has 1 aromatic carbocycles. The normalized spacial score (nSPS) is 11.2. The van der Waals surface area contributed by atoms with Gasteiger partial charge in [-0.1, -0.05) is 27.5 Å². The van der Waals surface area contributed by atoms with Gasteiger partial charge in [0.15, 0.2) is 5.69 Å². The van der Waals surface area contributed by atoms with E-state index in [1.807, 2.05) is 0 Å². The average molecular weight is 391 g/mol. The minimum absolute atomic E-state index is 0.0305. The first kappa shape index (κ1) is 15.9. The van der Waals surface area contributed by atoms with Crippen LogP contribution < -0.4 is 5.32 Å². The lowest BCUT2D eigenvalue weighted by Crippen LogP contribution is -2.17. The van der Waals surface area contributed by atoms with Crippen LogP contribution in [0.25, 0.3) is 0 Å². The number of benzene rings is 1. The van der Waals surface area contributed by atoms with Crippen LogP contribution in [0.2, 0.25) is 5.02 Å². The molecule has 1 heterocycles. The van der Waals surface area contributed by atoms with Gasteiger partial charge in [0.2, 0.25) is 15.0 Å². The second kappa shape index (κ2) is 6.08. The Morgan fingerprint density at radius 1 is 1.29 bits per heavy atom. The maximum atomic E-state index is 12.1. The molecular formula is C12H9BrClN3O3S. The van der Waals surface area contributed by atoms with Gasteiger partial charge in [-0.15, -0.1) is 0 Å². The third kappa shape index (κ3) is 3.99. The summed E-state index contributed by atoms with van der Waals surface area (Å²) in [5.74, 6) is -0.616. The molecular weight excluding hydrogens is 382 g/mol. The topological polar surface area (TPSA) is 89.0 Å². The number of carbonyl (C=O) groups is 1. The lowest BCUT2D eigenvalue weighted by atomic mass is 10.3. The Morgan fingerprint density at radius 2 is 1.90 bits per heavy atom. The maximum Gasteiger partial charge on any atom is 0.275 e. The van der Waals surface area contributed by atoms with E-state index in [-0.39, 0.29) is 10.7 Å². The largest absolute Gasteiger partial charge is 0.321 e. The molecule has 2 aromatic rings. The Labute approximate surface area is 134 Å². The van der Waals surface area contributed by atoms with E-state index < -0.39 is 20.9 Å². The van der Waals surface area contributed by atoms with Crippen LogP contribution in [0.4, 0.5) is 5.69 Å². The van der Waals surface area contributed by atoms with E-state index in [1.165, 1.54) is 0 Å². The van der Waals surface area contributed by atoms with Crippen molar-refractivity contribution in [3.63, 3.8) is 0 Å². The number of hydrogen-bond acceptors (Lipinski definition) is 5. The van der Waals surface area contributed by atoms with Gasteiger partial charge in [0.05, 0.1) is 11.2 Å². The van der Waals surface area contributed by atoms with Crippen molar-refractivity contribution in [3.8, 4) is 0 Å². The Kier molecular flexibility index (Phi) is 4.60. The highest BCUT2D eigenvalue weighted by Gasteiger charge is 2.18. The average Bonchev–Trinajstić information content (AvgIpc) is 2.40. The van der Waals surface area contributed by atoms with E-state index >= 15 is 0 Å². The molecule has 21 heavy (non-hydrogen) atoms. The van der Waals surface area contributed by atoms with Gasteiger partial charge in [-0.25, -0.2) is 18.4 Å². The first-order valence-corrected chi connectivity index (χ1v) is 8.63. The van der Waals surface area contributed by atoms with Gasteiger partial charge in [-0.3, -0.25) is 4.79 Å². The summed E-state index contributed by atoms with van der Waals surface area (Å²) in [7, 11) is -3.62. The highest BCUT2D eigenvalue weighted by Crippen LogP contribution is 2.18. The van der Waals surface area contributed by atoms with Crippen LogP contribution in [0.3, 0.4) is 0 Å². The van der Waals surface area contributed by atoms with Crippen LogP contribution in [0.15, 0.2) is 40.1 Å². The molecule has 0 radical (unpaired) electrons. The number of rotatable bonds is 3. The fourth-order valence-corrected chi connectivity index (χ4v) is 2.35. The van der Waals surface area contributed by atoms with Crippen molar-refractivity contribution >= 4 is 49.0 Å². The molecule has 110 valence electrons. The predicted octanol–water partition coefficient (Wildman–Crippen LogP) is 2.55. The minimum Gasteiger partial charge on any atom is -0.321 e. The molecule has 0 bridgehead atoms. The molecule has 0 saturated heterocycles. The van der Waals surface area contributed by atoms with Crippen LogP contribution in [0, 0.1) is 0 Å². The van der Waals surface area contributed by atoms with Crippen molar-refractivity contribution < 1.29 is 13.2 Å². The quantitative estimate of drug-likeness (QED) is 0.814. The van der Waals surface area contributed by atoms with Gasteiger partial charge in [0.25, 0.3) is 5.91 Å². The van der Waals surface area contributed by atoms with Crippen molar-refractivity contribution in [1.29, 1.82) is 0 Å². The maximum absolute atomic E-state index is 12.1. The number of anilines is 1. The van der Waals surface area contributed by atoms with Gasteiger partial charge >= 0.3 is 0 Å². The highest BCUT2D eigenvalue weighted by atomic mass is 79.9. The zero-order valence-corrected chi connectivity index (χ0v) is 13.8.